The van der Waals surface area contributed by atoms with Gasteiger partial charge in [0.1, 0.15) is 11.8 Å². The summed E-state index contributed by atoms with van der Waals surface area (Å²) in [6, 6.07) is 7.54. The molecule has 1 aliphatic rings. The van der Waals surface area contributed by atoms with Gasteiger partial charge >= 0.3 is 0 Å². The molecule has 1 saturated heterocycles. The third-order valence-corrected chi connectivity index (χ3v) is 3.81. The van der Waals surface area contributed by atoms with Gasteiger partial charge in [-0.05, 0) is 25.0 Å². The number of para-hydroxylation sites is 2. The molecule has 2 heterocycles. The van der Waals surface area contributed by atoms with Gasteiger partial charge in [-0.2, -0.15) is 0 Å². The smallest absolute Gasteiger partial charge is 0.274 e. The molecule has 0 bridgehead atoms. The Balaban J connectivity index is 1.68. The van der Waals surface area contributed by atoms with Crippen LogP contribution >= 0.6 is 0 Å². The Kier molecular flexibility index (Phi) is 4.71. The molecule has 1 fully saturated rings. The molecule has 0 N–H and O–H groups in total. The molecule has 0 spiro atoms. The summed E-state index contributed by atoms with van der Waals surface area (Å²) in [4.78, 5) is 22.3. The molecule has 0 radical (unpaired) electrons. The highest BCUT2D eigenvalue weighted by atomic mass is 16.5. The molecule has 120 valence electrons. The summed E-state index contributed by atoms with van der Waals surface area (Å²) >= 11 is 0. The van der Waals surface area contributed by atoms with Crippen molar-refractivity contribution in [1.29, 1.82) is 0 Å². The number of ether oxygens (including phenoxy) is 2. The highest BCUT2D eigenvalue weighted by Crippen LogP contribution is 2.28. The van der Waals surface area contributed by atoms with E-state index in [1.807, 2.05) is 24.3 Å². The molecule has 1 amide bonds. The van der Waals surface area contributed by atoms with Crippen LogP contribution in [0.15, 0.2) is 42.9 Å². The molecule has 0 aliphatic carbocycles. The second-order valence-electron chi connectivity index (χ2n) is 5.37. The summed E-state index contributed by atoms with van der Waals surface area (Å²) in [5.74, 6) is 1.30. The standard InChI is InChI=1S/C17H19N3O3/c1-22-15-6-2-3-7-16(15)23-13-5-4-10-20(12-13)17(21)14-11-18-8-9-19-14/h2-3,6-9,11,13H,4-5,10,12H2,1H3. The van der Waals surface area contributed by atoms with Crippen LogP contribution in [0, 0.1) is 0 Å². The van der Waals surface area contributed by atoms with Gasteiger partial charge in [-0.1, -0.05) is 12.1 Å². The number of hydrogen-bond donors (Lipinski definition) is 0. The third kappa shape index (κ3) is 3.59. The van der Waals surface area contributed by atoms with E-state index in [-0.39, 0.29) is 12.0 Å². The molecular formula is C17H19N3O3. The molecule has 2 aromatic rings. The lowest BCUT2D eigenvalue weighted by Gasteiger charge is -2.32. The van der Waals surface area contributed by atoms with Gasteiger partial charge in [0, 0.05) is 18.9 Å². The average molecular weight is 313 g/mol. The van der Waals surface area contributed by atoms with Crippen molar-refractivity contribution in [3.05, 3.63) is 48.5 Å². The first-order chi connectivity index (χ1) is 11.3. The summed E-state index contributed by atoms with van der Waals surface area (Å²) in [6.07, 6.45) is 6.32. The molecule has 1 aliphatic heterocycles. The lowest BCUT2D eigenvalue weighted by molar-refractivity contribution is 0.0526. The SMILES string of the molecule is COc1ccccc1OC1CCCN(C(=O)c2cnccn2)C1. The summed E-state index contributed by atoms with van der Waals surface area (Å²) in [7, 11) is 1.62. The van der Waals surface area contributed by atoms with Crippen LogP contribution in [-0.4, -0.2) is 47.1 Å². The summed E-state index contributed by atoms with van der Waals surface area (Å²) in [5.41, 5.74) is 0.366. The quantitative estimate of drug-likeness (QED) is 0.865. The maximum Gasteiger partial charge on any atom is 0.274 e. The first kappa shape index (κ1) is 15.3. The van der Waals surface area contributed by atoms with Gasteiger partial charge in [-0.3, -0.25) is 9.78 Å². The van der Waals surface area contributed by atoms with Gasteiger partial charge in [-0.25, -0.2) is 4.98 Å². The van der Waals surface area contributed by atoms with E-state index in [4.69, 9.17) is 9.47 Å². The van der Waals surface area contributed by atoms with Crippen molar-refractivity contribution in [2.24, 2.45) is 0 Å². The largest absolute Gasteiger partial charge is 0.493 e. The Hall–Kier alpha value is -2.63. The van der Waals surface area contributed by atoms with E-state index in [9.17, 15) is 4.79 Å². The number of methoxy groups -OCH3 is 1. The van der Waals surface area contributed by atoms with E-state index in [1.54, 1.807) is 18.2 Å². The van der Waals surface area contributed by atoms with Crippen molar-refractivity contribution in [2.45, 2.75) is 18.9 Å². The molecule has 6 nitrogen and oxygen atoms in total. The molecule has 1 aromatic carbocycles. The number of aromatic nitrogens is 2. The van der Waals surface area contributed by atoms with Crippen molar-refractivity contribution in [2.75, 3.05) is 20.2 Å². The van der Waals surface area contributed by atoms with E-state index in [2.05, 4.69) is 9.97 Å². The Morgan fingerprint density at radius 3 is 2.83 bits per heavy atom. The number of benzene rings is 1. The zero-order valence-corrected chi connectivity index (χ0v) is 13.0. The van der Waals surface area contributed by atoms with Crippen molar-refractivity contribution in [1.82, 2.24) is 14.9 Å². The predicted octanol–water partition coefficient (Wildman–Crippen LogP) is 2.17. The van der Waals surface area contributed by atoms with Gasteiger partial charge < -0.3 is 14.4 Å². The van der Waals surface area contributed by atoms with Crippen LogP contribution in [0.3, 0.4) is 0 Å². The van der Waals surface area contributed by atoms with E-state index in [0.717, 1.165) is 12.8 Å². The number of piperidine rings is 1. The Morgan fingerprint density at radius 2 is 2.09 bits per heavy atom. The highest BCUT2D eigenvalue weighted by molar-refractivity contribution is 5.92. The van der Waals surface area contributed by atoms with E-state index < -0.39 is 0 Å². The lowest BCUT2D eigenvalue weighted by atomic mass is 10.1. The van der Waals surface area contributed by atoms with Crippen molar-refractivity contribution >= 4 is 5.91 Å². The fourth-order valence-corrected chi connectivity index (χ4v) is 2.69. The van der Waals surface area contributed by atoms with Crippen molar-refractivity contribution in [3.63, 3.8) is 0 Å². The molecule has 1 aromatic heterocycles. The second-order valence-corrected chi connectivity index (χ2v) is 5.37. The van der Waals surface area contributed by atoms with E-state index in [0.29, 0.717) is 30.3 Å². The van der Waals surface area contributed by atoms with E-state index >= 15 is 0 Å². The Labute approximate surface area is 135 Å². The number of rotatable bonds is 4. The normalized spacial score (nSPS) is 17.6. The van der Waals surface area contributed by atoms with Crippen molar-refractivity contribution < 1.29 is 14.3 Å². The maximum absolute atomic E-state index is 12.5. The van der Waals surface area contributed by atoms with Crippen LogP contribution in [0.1, 0.15) is 23.3 Å². The first-order valence-electron chi connectivity index (χ1n) is 7.63. The summed E-state index contributed by atoms with van der Waals surface area (Å²) in [5, 5.41) is 0. The number of nitrogens with zero attached hydrogens (tertiary/aromatic N) is 3. The molecular weight excluding hydrogens is 294 g/mol. The maximum atomic E-state index is 12.5. The number of carbonyl (C=O) groups is 1. The van der Waals surface area contributed by atoms with Gasteiger partial charge in [0.2, 0.25) is 0 Å². The lowest BCUT2D eigenvalue weighted by Crippen LogP contribution is -2.44. The topological polar surface area (TPSA) is 64.6 Å². The molecule has 6 heteroatoms. The van der Waals surface area contributed by atoms with Gasteiger partial charge in [0.05, 0.1) is 19.9 Å². The molecule has 1 unspecified atom stereocenters. The predicted molar refractivity (Wildman–Crippen MR) is 84.6 cm³/mol. The molecule has 1 atom stereocenters. The van der Waals surface area contributed by atoms with Crippen LogP contribution < -0.4 is 9.47 Å². The average Bonchev–Trinajstić information content (AvgIpc) is 2.62. The fraction of sp³-hybridized carbons (Fsp3) is 0.353. The van der Waals surface area contributed by atoms with Crippen LogP contribution in [-0.2, 0) is 0 Å². The van der Waals surface area contributed by atoms with Crippen molar-refractivity contribution in [3.8, 4) is 11.5 Å². The number of carbonyl (C=O) groups excluding carboxylic acids is 1. The highest BCUT2D eigenvalue weighted by Gasteiger charge is 2.27. The minimum atomic E-state index is -0.105. The molecule has 23 heavy (non-hydrogen) atoms. The monoisotopic (exact) mass is 313 g/mol. The van der Waals surface area contributed by atoms with Gasteiger partial charge in [-0.15, -0.1) is 0 Å². The van der Waals surface area contributed by atoms with Crippen LogP contribution in [0.4, 0.5) is 0 Å². The zero-order chi connectivity index (χ0) is 16.1. The molecule has 0 saturated carbocycles. The number of amides is 1. The second kappa shape index (κ2) is 7.09. The third-order valence-electron chi connectivity index (χ3n) is 3.81. The zero-order valence-electron chi connectivity index (χ0n) is 13.0. The minimum Gasteiger partial charge on any atom is -0.493 e. The minimum absolute atomic E-state index is 0.0549. The Bertz CT molecular complexity index is 663. The number of hydrogen-bond acceptors (Lipinski definition) is 5. The van der Waals surface area contributed by atoms with Crippen LogP contribution in [0.5, 0.6) is 11.5 Å². The fourth-order valence-electron chi connectivity index (χ4n) is 2.69. The first-order valence-corrected chi connectivity index (χ1v) is 7.63. The molecule has 3 rings (SSSR count). The van der Waals surface area contributed by atoms with Gasteiger partial charge in [0.25, 0.3) is 5.91 Å². The summed E-state index contributed by atoms with van der Waals surface area (Å²) in [6.45, 7) is 1.24. The van der Waals surface area contributed by atoms with Crippen LogP contribution in [0.25, 0.3) is 0 Å². The number of likely N-dealkylation sites (tertiary alicyclic amines) is 1. The van der Waals surface area contributed by atoms with Crippen LogP contribution in [0.2, 0.25) is 0 Å². The van der Waals surface area contributed by atoms with Gasteiger partial charge in [0.15, 0.2) is 11.5 Å². The van der Waals surface area contributed by atoms with E-state index in [1.165, 1.54) is 12.4 Å². The Morgan fingerprint density at radius 1 is 1.26 bits per heavy atom. The summed E-state index contributed by atoms with van der Waals surface area (Å²) < 4.78 is 11.3.